The molecule has 0 saturated carbocycles. The summed E-state index contributed by atoms with van der Waals surface area (Å²) < 4.78 is 14.3. The number of benzene rings is 1. The molecule has 0 aromatic heterocycles. The Morgan fingerprint density at radius 2 is 2.42 bits per heavy atom. The fourth-order valence-corrected chi connectivity index (χ4v) is 3.19. The first kappa shape index (κ1) is 14.8. The number of hydrogen-bond acceptors (Lipinski definition) is 3. The first-order valence-electron chi connectivity index (χ1n) is 6.17. The summed E-state index contributed by atoms with van der Waals surface area (Å²) >= 11 is 5.06. The number of carbonyl (C=O) groups is 1. The van der Waals surface area contributed by atoms with E-state index >= 15 is 0 Å². The molecule has 0 bridgehead atoms. The highest BCUT2D eigenvalue weighted by atomic mass is 79.9. The third kappa shape index (κ3) is 4.78. The highest BCUT2D eigenvalue weighted by Crippen LogP contribution is 2.15. The molecule has 1 saturated heterocycles. The maximum atomic E-state index is 13.6. The molecule has 1 aliphatic rings. The lowest BCUT2D eigenvalue weighted by Gasteiger charge is -2.22. The van der Waals surface area contributed by atoms with Gasteiger partial charge in [0, 0.05) is 47.1 Å². The zero-order valence-electron chi connectivity index (χ0n) is 10.4. The Balaban J connectivity index is 1.79. The second-order valence-corrected chi connectivity index (χ2v) is 6.51. The quantitative estimate of drug-likeness (QED) is 0.878. The predicted molar refractivity (Wildman–Crippen MR) is 79.7 cm³/mol. The van der Waals surface area contributed by atoms with E-state index in [-0.39, 0.29) is 24.3 Å². The van der Waals surface area contributed by atoms with Crippen molar-refractivity contribution in [2.24, 2.45) is 0 Å². The molecule has 1 amide bonds. The molecule has 1 aliphatic heterocycles. The molecule has 0 spiro atoms. The molecule has 1 aromatic carbocycles. The maximum Gasteiger partial charge on any atom is 0.221 e. The zero-order valence-corrected chi connectivity index (χ0v) is 12.8. The van der Waals surface area contributed by atoms with Gasteiger partial charge in [0.15, 0.2) is 0 Å². The molecule has 2 N–H and O–H groups in total. The molecule has 6 heteroatoms. The smallest absolute Gasteiger partial charge is 0.221 e. The van der Waals surface area contributed by atoms with E-state index in [9.17, 15) is 9.18 Å². The van der Waals surface area contributed by atoms with Gasteiger partial charge in [-0.2, -0.15) is 11.8 Å². The zero-order chi connectivity index (χ0) is 13.7. The van der Waals surface area contributed by atoms with E-state index in [0.717, 1.165) is 18.1 Å². The Bertz CT molecular complexity index is 452. The summed E-state index contributed by atoms with van der Waals surface area (Å²) in [5, 5.41) is 6.07. The van der Waals surface area contributed by atoms with E-state index in [1.165, 1.54) is 6.07 Å². The molecule has 1 heterocycles. The number of carbonyl (C=O) groups excluding carboxylic acids is 1. The number of amides is 1. The number of halogens is 2. The Morgan fingerprint density at radius 1 is 1.58 bits per heavy atom. The summed E-state index contributed by atoms with van der Waals surface area (Å²) in [4.78, 5) is 11.8. The normalized spacial score (nSPS) is 19.2. The summed E-state index contributed by atoms with van der Waals surface area (Å²) in [6, 6.07) is 5.08. The van der Waals surface area contributed by atoms with E-state index in [4.69, 9.17) is 0 Å². The van der Waals surface area contributed by atoms with Crippen LogP contribution >= 0.6 is 27.7 Å². The molecular formula is C13H16BrFN2OS. The van der Waals surface area contributed by atoms with Crippen LogP contribution < -0.4 is 10.6 Å². The lowest BCUT2D eigenvalue weighted by Crippen LogP contribution is -2.41. The lowest BCUT2D eigenvalue weighted by atomic mass is 10.2. The van der Waals surface area contributed by atoms with Crippen molar-refractivity contribution < 1.29 is 9.18 Å². The van der Waals surface area contributed by atoms with Crippen LogP contribution in [-0.2, 0) is 11.3 Å². The van der Waals surface area contributed by atoms with Gasteiger partial charge in [-0.25, -0.2) is 4.39 Å². The minimum absolute atomic E-state index is 0.0395. The standard InChI is InChI=1S/C13H16BrFN2OS/c14-10-2-1-9(12(15)5-10)7-17-13(18)6-11-8-19-4-3-16-11/h1-2,5,11,16H,3-4,6-8H2,(H,17,18)/t11-/m0/s1. The van der Waals surface area contributed by atoms with Gasteiger partial charge in [0.05, 0.1) is 0 Å². The molecule has 1 atom stereocenters. The summed E-state index contributed by atoms with van der Waals surface area (Å²) in [5.41, 5.74) is 0.502. The van der Waals surface area contributed by atoms with Crippen molar-refractivity contribution in [2.75, 3.05) is 18.1 Å². The van der Waals surface area contributed by atoms with Crippen molar-refractivity contribution in [3.8, 4) is 0 Å². The first-order valence-corrected chi connectivity index (χ1v) is 8.11. The Kier molecular flexibility index (Phi) is 5.66. The summed E-state index contributed by atoms with van der Waals surface area (Å²) in [6.07, 6.45) is 0.450. The van der Waals surface area contributed by atoms with Crippen LogP contribution in [0.15, 0.2) is 22.7 Å². The molecule has 104 valence electrons. The number of hydrogen-bond donors (Lipinski definition) is 2. The van der Waals surface area contributed by atoms with Crippen molar-refractivity contribution in [2.45, 2.75) is 19.0 Å². The van der Waals surface area contributed by atoms with Gasteiger partial charge in [-0.05, 0) is 12.1 Å². The Morgan fingerprint density at radius 3 is 3.11 bits per heavy atom. The summed E-state index contributed by atoms with van der Waals surface area (Å²) in [6.45, 7) is 1.18. The highest BCUT2D eigenvalue weighted by Gasteiger charge is 2.16. The van der Waals surface area contributed by atoms with Crippen molar-refractivity contribution in [1.82, 2.24) is 10.6 Å². The fraction of sp³-hybridized carbons (Fsp3) is 0.462. The fourth-order valence-electron chi connectivity index (χ4n) is 1.91. The number of nitrogens with one attached hydrogen (secondary N) is 2. The van der Waals surface area contributed by atoms with Crippen LogP contribution in [0.2, 0.25) is 0 Å². The van der Waals surface area contributed by atoms with E-state index in [1.807, 2.05) is 11.8 Å². The summed E-state index contributed by atoms with van der Waals surface area (Å²) in [7, 11) is 0. The van der Waals surface area contributed by atoms with Crippen LogP contribution in [0, 0.1) is 5.82 Å². The summed E-state index contributed by atoms with van der Waals surface area (Å²) in [5.74, 6) is 1.71. The Labute approximate surface area is 124 Å². The van der Waals surface area contributed by atoms with Gasteiger partial charge in [0.25, 0.3) is 0 Å². The van der Waals surface area contributed by atoms with E-state index in [1.54, 1.807) is 12.1 Å². The predicted octanol–water partition coefficient (Wildman–Crippen LogP) is 2.30. The van der Waals surface area contributed by atoms with Crippen LogP contribution in [0.3, 0.4) is 0 Å². The topological polar surface area (TPSA) is 41.1 Å². The Hall–Kier alpha value is -0.590. The van der Waals surface area contributed by atoms with Gasteiger partial charge < -0.3 is 10.6 Å². The molecule has 3 nitrogen and oxygen atoms in total. The van der Waals surface area contributed by atoms with Gasteiger partial charge in [-0.3, -0.25) is 4.79 Å². The minimum atomic E-state index is -0.305. The van der Waals surface area contributed by atoms with Crippen LogP contribution in [0.4, 0.5) is 4.39 Å². The van der Waals surface area contributed by atoms with E-state index in [0.29, 0.717) is 16.5 Å². The van der Waals surface area contributed by atoms with Crippen LogP contribution in [-0.4, -0.2) is 30.0 Å². The van der Waals surface area contributed by atoms with Gasteiger partial charge in [0.2, 0.25) is 5.91 Å². The van der Waals surface area contributed by atoms with Gasteiger partial charge >= 0.3 is 0 Å². The van der Waals surface area contributed by atoms with Crippen molar-refractivity contribution in [3.05, 3.63) is 34.1 Å². The van der Waals surface area contributed by atoms with Gasteiger partial charge in [-0.15, -0.1) is 0 Å². The average Bonchev–Trinajstić information content (AvgIpc) is 2.39. The largest absolute Gasteiger partial charge is 0.352 e. The monoisotopic (exact) mass is 346 g/mol. The first-order chi connectivity index (χ1) is 9.15. The molecule has 19 heavy (non-hydrogen) atoms. The van der Waals surface area contributed by atoms with Crippen molar-refractivity contribution in [1.29, 1.82) is 0 Å². The SMILES string of the molecule is O=C(C[C@H]1CSCCN1)NCc1ccc(Br)cc1F. The third-order valence-corrected chi connectivity index (χ3v) is 4.55. The minimum Gasteiger partial charge on any atom is -0.352 e. The second-order valence-electron chi connectivity index (χ2n) is 4.44. The van der Waals surface area contributed by atoms with E-state index < -0.39 is 0 Å². The molecule has 0 aliphatic carbocycles. The molecular weight excluding hydrogens is 331 g/mol. The van der Waals surface area contributed by atoms with Gasteiger partial charge in [0.1, 0.15) is 5.82 Å². The second kappa shape index (κ2) is 7.26. The maximum absolute atomic E-state index is 13.6. The molecule has 2 rings (SSSR count). The average molecular weight is 347 g/mol. The number of thioether (sulfide) groups is 1. The van der Waals surface area contributed by atoms with Crippen LogP contribution in [0.1, 0.15) is 12.0 Å². The highest BCUT2D eigenvalue weighted by molar-refractivity contribution is 9.10. The molecule has 0 unspecified atom stereocenters. The van der Waals surface area contributed by atoms with Crippen LogP contribution in [0.5, 0.6) is 0 Å². The number of rotatable bonds is 4. The van der Waals surface area contributed by atoms with Crippen molar-refractivity contribution in [3.63, 3.8) is 0 Å². The molecule has 0 radical (unpaired) electrons. The molecule has 1 aromatic rings. The van der Waals surface area contributed by atoms with Gasteiger partial charge in [-0.1, -0.05) is 22.0 Å². The van der Waals surface area contributed by atoms with Crippen molar-refractivity contribution >= 4 is 33.6 Å². The van der Waals surface area contributed by atoms with Crippen LogP contribution in [0.25, 0.3) is 0 Å². The lowest BCUT2D eigenvalue weighted by molar-refractivity contribution is -0.121. The third-order valence-electron chi connectivity index (χ3n) is 2.92. The van der Waals surface area contributed by atoms with E-state index in [2.05, 4.69) is 26.6 Å². The molecule has 1 fully saturated rings.